The smallest absolute Gasteiger partial charge is 0.160 e. The highest BCUT2D eigenvalue weighted by Crippen LogP contribution is 2.27. The van der Waals surface area contributed by atoms with Crippen molar-refractivity contribution in [3.63, 3.8) is 0 Å². The number of pyridine rings is 2. The van der Waals surface area contributed by atoms with E-state index >= 15 is 0 Å². The lowest BCUT2D eigenvalue weighted by atomic mass is 10.2. The van der Waals surface area contributed by atoms with Crippen molar-refractivity contribution in [2.75, 3.05) is 5.73 Å². The lowest BCUT2D eigenvalue weighted by molar-refractivity contribution is 0.619. The summed E-state index contributed by atoms with van der Waals surface area (Å²) in [6.07, 6.45) is 3.48. The summed E-state index contributed by atoms with van der Waals surface area (Å²) in [6, 6.07) is 7.88. The fourth-order valence-corrected chi connectivity index (χ4v) is 2.21. The van der Waals surface area contributed by atoms with E-state index in [1.807, 2.05) is 24.3 Å². The molecule has 3 heterocycles. The molecule has 3 rings (SSSR count). The molecule has 3 aromatic rings. The molecule has 0 radical (unpaired) electrons. The van der Waals surface area contributed by atoms with E-state index in [1.165, 1.54) is 0 Å². The van der Waals surface area contributed by atoms with Gasteiger partial charge in [-0.3, -0.25) is 0 Å². The van der Waals surface area contributed by atoms with Crippen LogP contribution in [0.2, 0.25) is 0 Å². The van der Waals surface area contributed by atoms with E-state index in [0.717, 1.165) is 22.6 Å². The lowest BCUT2D eigenvalue weighted by Crippen LogP contribution is -2.04. The maximum absolute atomic E-state index is 5.75. The van der Waals surface area contributed by atoms with Gasteiger partial charge in [-0.25, -0.2) is 15.0 Å². The van der Waals surface area contributed by atoms with Gasteiger partial charge in [-0.2, -0.15) is 0 Å². The molecule has 0 aliphatic rings. The van der Waals surface area contributed by atoms with Crippen LogP contribution in [0.25, 0.3) is 22.6 Å². The second-order valence-corrected chi connectivity index (χ2v) is 4.71. The van der Waals surface area contributed by atoms with E-state index in [2.05, 4.69) is 33.4 Å². The molecule has 0 atom stereocenters. The van der Waals surface area contributed by atoms with Crippen LogP contribution >= 0.6 is 0 Å². The zero-order chi connectivity index (χ0) is 13.4. The number of rotatable bonds is 2. The third-order valence-corrected chi connectivity index (χ3v) is 3.00. The van der Waals surface area contributed by atoms with Crippen molar-refractivity contribution in [2.24, 2.45) is 0 Å². The molecule has 0 fully saturated rings. The van der Waals surface area contributed by atoms with Crippen LogP contribution in [0.4, 0.5) is 5.82 Å². The van der Waals surface area contributed by atoms with Gasteiger partial charge in [0.2, 0.25) is 0 Å². The summed E-state index contributed by atoms with van der Waals surface area (Å²) in [5, 5.41) is 0. The molecule has 0 saturated heterocycles. The standard InChI is InChI=1S/C14H15N5/c1-9(2)19-13(10-5-7-16-12(15)8-10)18-11-4-3-6-17-14(11)19/h3-9H,1-2H3,(H2,15,16). The van der Waals surface area contributed by atoms with Gasteiger partial charge in [0.1, 0.15) is 17.2 Å². The highest BCUT2D eigenvalue weighted by molar-refractivity contribution is 5.77. The Kier molecular flexibility index (Phi) is 2.67. The van der Waals surface area contributed by atoms with Gasteiger partial charge in [-0.1, -0.05) is 0 Å². The van der Waals surface area contributed by atoms with Crippen LogP contribution in [-0.2, 0) is 0 Å². The Morgan fingerprint density at radius 3 is 2.74 bits per heavy atom. The Bertz CT molecular complexity index is 730. The SMILES string of the molecule is CC(C)n1c(-c2ccnc(N)c2)nc2cccnc21. The quantitative estimate of drug-likeness (QED) is 0.762. The minimum absolute atomic E-state index is 0.268. The fourth-order valence-electron chi connectivity index (χ4n) is 2.21. The number of fused-ring (bicyclic) bond motifs is 1. The first kappa shape index (κ1) is 11.6. The predicted octanol–water partition coefficient (Wildman–Crippen LogP) is 2.66. The highest BCUT2D eigenvalue weighted by atomic mass is 15.1. The van der Waals surface area contributed by atoms with Gasteiger partial charge in [-0.05, 0) is 38.1 Å². The normalized spacial score (nSPS) is 11.3. The van der Waals surface area contributed by atoms with E-state index < -0.39 is 0 Å². The van der Waals surface area contributed by atoms with Gasteiger partial charge in [0.05, 0.1) is 0 Å². The number of nitrogen functional groups attached to an aromatic ring is 1. The van der Waals surface area contributed by atoms with E-state index in [4.69, 9.17) is 5.73 Å². The summed E-state index contributed by atoms with van der Waals surface area (Å²) < 4.78 is 2.12. The number of nitrogens with zero attached hydrogens (tertiary/aromatic N) is 4. The molecule has 0 amide bonds. The molecule has 96 valence electrons. The number of nitrogens with two attached hydrogens (primary N) is 1. The minimum Gasteiger partial charge on any atom is -0.384 e. The molecular formula is C14H15N5. The zero-order valence-corrected chi connectivity index (χ0v) is 10.9. The molecule has 0 unspecified atom stereocenters. The fraction of sp³-hybridized carbons (Fsp3) is 0.214. The average molecular weight is 253 g/mol. The third-order valence-electron chi connectivity index (χ3n) is 3.00. The highest BCUT2D eigenvalue weighted by Gasteiger charge is 2.15. The lowest BCUT2D eigenvalue weighted by Gasteiger charge is -2.12. The van der Waals surface area contributed by atoms with Crippen molar-refractivity contribution in [3.05, 3.63) is 36.7 Å². The van der Waals surface area contributed by atoms with E-state index in [0.29, 0.717) is 5.82 Å². The predicted molar refractivity (Wildman–Crippen MR) is 75.6 cm³/mol. The number of hydrogen-bond donors (Lipinski definition) is 1. The largest absolute Gasteiger partial charge is 0.384 e. The van der Waals surface area contributed by atoms with E-state index in [-0.39, 0.29) is 6.04 Å². The van der Waals surface area contributed by atoms with Gasteiger partial charge in [-0.15, -0.1) is 0 Å². The first-order valence-corrected chi connectivity index (χ1v) is 6.21. The number of imidazole rings is 1. The van der Waals surface area contributed by atoms with Crippen molar-refractivity contribution < 1.29 is 0 Å². The Labute approximate surface area is 111 Å². The second kappa shape index (κ2) is 4.35. The molecule has 0 spiro atoms. The van der Waals surface area contributed by atoms with Crippen LogP contribution in [-0.4, -0.2) is 19.5 Å². The maximum atomic E-state index is 5.75. The van der Waals surface area contributed by atoms with Gasteiger partial charge in [0.15, 0.2) is 5.65 Å². The summed E-state index contributed by atoms with van der Waals surface area (Å²) >= 11 is 0. The molecule has 0 bridgehead atoms. The second-order valence-electron chi connectivity index (χ2n) is 4.71. The third kappa shape index (κ3) is 1.93. The molecule has 19 heavy (non-hydrogen) atoms. The Morgan fingerprint density at radius 1 is 1.16 bits per heavy atom. The van der Waals surface area contributed by atoms with Crippen molar-refractivity contribution in [3.8, 4) is 11.4 Å². The summed E-state index contributed by atoms with van der Waals surface area (Å²) in [4.78, 5) is 13.1. The van der Waals surface area contributed by atoms with Crippen LogP contribution in [0.3, 0.4) is 0 Å². The van der Waals surface area contributed by atoms with Crippen LogP contribution in [0.1, 0.15) is 19.9 Å². The van der Waals surface area contributed by atoms with Gasteiger partial charge in [0, 0.05) is 24.0 Å². The first-order chi connectivity index (χ1) is 9.16. The maximum Gasteiger partial charge on any atom is 0.160 e. The molecule has 0 aliphatic carbocycles. The summed E-state index contributed by atoms with van der Waals surface area (Å²) in [6.45, 7) is 4.23. The van der Waals surface area contributed by atoms with Gasteiger partial charge >= 0.3 is 0 Å². The first-order valence-electron chi connectivity index (χ1n) is 6.21. The number of anilines is 1. The van der Waals surface area contributed by atoms with Crippen molar-refractivity contribution >= 4 is 17.0 Å². The molecule has 0 saturated carbocycles. The molecule has 5 nitrogen and oxygen atoms in total. The van der Waals surface area contributed by atoms with Gasteiger partial charge in [0.25, 0.3) is 0 Å². The number of hydrogen-bond acceptors (Lipinski definition) is 4. The average Bonchev–Trinajstić information content (AvgIpc) is 2.78. The van der Waals surface area contributed by atoms with E-state index in [1.54, 1.807) is 12.4 Å². The van der Waals surface area contributed by atoms with Gasteiger partial charge < -0.3 is 10.3 Å². The van der Waals surface area contributed by atoms with E-state index in [9.17, 15) is 0 Å². The summed E-state index contributed by atoms with van der Waals surface area (Å²) in [7, 11) is 0. The Balaban J connectivity index is 2.31. The number of aromatic nitrogens is 4. The van der Waals surface area contributed by atoms with Crippen LogP contribution in [0, 0.1) is 0 Å². The zero-order valence-electron chi connectivity index (χ0n) is 10.9. The molecule has 5 heteroatoms. The molecule has 3 aromatic heterocycles. The summed E-state index contributed by atoms with van der Waals surface area (Å²) in [5.74, 6) is 1.37. The Morgan fingerprint density at radius 2 is 2.00 bits per heavy atom. The summed E-state index contributed by atoms with van der Waals surface area (Å²) in [5.41, 5.74) is 8.49. The van der Waals surface area contributed by atoms with Crippen molar-refractivity contribution in [1.82, 2.24) is 19.5 Å². The topological polar surface area (TPSA) is 69.6 Å². The van der Waals surface area contributed by atoms with Crippen LogP contribution < -0.4 is 5.73 Å². The molecule has 0 aromatic carbocycles. The minimum atomic E-state index is 0.268. The van der Waals surface area contributed by atoms with Crippen molar-refractivity contribution in [2.45, 2.75) is 19.9 Å². The molecule has 2 N–H and O–H groups in total. The monoisotopic (exact) mass is 253 g/mol. The Hall–Kier alpha value is -2.43. The van der Waals surface area contributed by atoms with Crippen LogP contribution in [0.15, 0.2) is 36.7 Å². The molecule has 0 aliphatic heterocycles. The molecular weight excluding hydrogens is 238 g/mol. The van der Waals surface area contributed by atoms with Crippen molar-refractivity contribution in [1.29, 1.82) is 0 Å². The van der Waals surface area contributed by atoms with Crippen LogP contribution in [0.5, 0.6) is 0 Å².